The van der Waals surface area contributed by atoms with E-state index in [-0.39, 0.29) is 0 Å². The molecule has 1 rings (SSSR count). The van der Waals surface area contributed by atoms with E-state index in [1.165, 1.54) is 5.56 Å². The van der Waals surface area contributed by atoms with Crippen LogP contribution in [0.2, 0.25) is 0 Å². The highest BCUT2D eigenvalue weighted by Gasteiger charge is 1.99. The Balaban J connectivity index is 2.54. The van der Waals surface area contributed by atoms with Gasteiger partial charge in [0.2, 0.25) is 0 Å². The number of hydrogen-bond donors (Lipinski definition) is 0. The minimum Gasteiger partial charge on any atom is -0.496 e. The van der Waals surface area contributed by atoms with Crippen LogP contribution in [0, 0.1) is 0 Å². The number of hydrogen-bond acceptors (Lipinski definition) is 1. The Morgan fingerprint density at radius 3 is 2.69 bits per heavy atom. The lowest BCUT2D eigenvalue weighted by Gasteiger charge is -2.06. The lowest BCUT2D eigenvalue weighted by atomic mass is 10.1. The van der Waals surface area contributed by atoms with Crippen molar-refractivity contribution in [2.75, 3.05) is 13.7 Å². The summed E-state index contributed by atoms with van der Waals surface area (Å²) in [6.45, 7) is 0.523. The first-order chi connectivity index (χ1) is 6.38. The molecule has 71 valence electrons. The van der Waals surface area contributed by atoms with Crippen LogP contribution in [0.5, 0.6) is 5.75 Å². The fraction of sp³-hybridized carbons (Fsp3) is 0.455. The van der Waals surface area contributed by atoms with Crippen molar-refractivity contribution in [1.29, 1.82) is 0 Å². The number of benzene rings is 1. The van der Waals surface area contributed by atoms with E-state index >= 15 is 0 Å². The first-order valence-electron chi connectivity index (χ1n) is 4.65. The molecule has 0 aromatic heterocycles. The number of ether oxygens (including phenoxy) is 1. The lowest BCUT2D eigenvalue weighted by molar-refractivity contribution is 0.409. The Morgan fingerprint density at radius 1 is 1.23 bits per heavy atom. The van der Waals surface area contributed by atoms with Gasteiger partial charge in [-0.3, -0.25) is 5.73 Å². The van der Waals surface area contributed by atoms with Crippen molar-refractivity contribution in [3.8, 4) is 5.75 Å². The Hall–Kier alpha value is -1.02. The highest BCUT2D eigenvalue weighted by Crippen LogP contribution is 2.18. The topological polar surface area (TPSA) is 33.0 Å². The Kier molecular flexibility index (Phi) is 4.33. The van der Waals surface area contributed by atoms with E-state index in [2.05, 4.69) is 6.07 Å². The van der Waals surface area contributed by atoms with Crippen molar-refractivity contribution in [1.82, 2.24) is 5.73 Å². The molecule has 1 aromatic rings. The van der Waals surface area contributed by atoms with E-state index in [1.54, 1.807) is 7.11 Å². The largest absolute Gasteiger partial charge is 0.496 e. The van der Waals surface area contributed by atoms with Gasteiger partial charge in [0.1, 0.15) is 5.75 Å². The molecule has 0 fully saturated rings. The van der Waals surface area contributed by atoms with Crippen LogP contribution in [0.15, 0.2) is 24.3 Å². The van der Waals surface area contributed by atoms with E-state index in [0.29, 0.717) is 6.54 Å². The van der Waals surface area contributed by atoms with Crippen LogP contribution in [0.4, 0.5) is 0 Å². The van der Waals surface area contributed by atoms with Gasteiger partial charge in [-0.25, -0.2) is 0 Å². The number of methoxy groups -OCH3 is 1. The summed E-state index contributed by atoms with van der Waals surface area (Å²) in [5.41, 5.74) is 8.28. The third-order valence-electron chi connectivity index (χ3n) is 2.07. The SMILES string of the molecule is COc1ccccc1CCCC[NH]. The van der Waals surface area contributed by atoms with Crippen LogP contribution in [-0.2, 0) is 6.42 Å². The fourth-order valence-electron chi connectivity index (χ4n) is 1.35. The highest BCUT2D eigenvalue weighted by molar-refractivity contribution is 5.33. The molecule has 0 atom stereocenters. The second-order valence-electron chi connectivity index (χ2n) is 3.02. The Bertz CT molecular complexity index is 248. The van der Waals surface area contributed by atoms with Crippen LogP contribution in [0.25, 0.3) is 0 Å². The molecule has 0 aliphatic rings. The molecule has 0 unspecified atom stereocenters. The quantitative estimate of drug-likeness (QED) is 0.637. The van der Waals surface area contributed by atoms with Gasteiger partial charge in [0, 0.05) is 6.54 Å². The first-order valence-corrected chi connectivity index (χ1v) is 4.65. The number of nitrogens with one attached hydrogen (secondary N) is 1. The maximum Gasteiger partial charge on any atom is 0.122 e. The van der Waals surface area contributed by atoms with Gasteiger partial charge >= 0.3 is 0 Å². The molecule has 0 heterocycles. The summed E-state index contributed by atoms with van der Waals surface area (Å²) < 4.78 is 5.23. The van der Waals surface area contributed by atoms with Gasteiger partial charge < -0.3 is 4.74 Å². The van der Waals surface area contributed by atoms with E-state index in [9.17, 15) is 0 Å². The first kappa shape index (κ1) is 10.1. The standard InChI is InChI=1S/C11H16NO/c1-13-11-8-3-2-6-10(11)7-4-5-9-12/h2-3,6,8,12H,4-5,7,9H2,1H3. The van der Waals surface area contributed by atoms with Gasteiger partial charge in [0.15, 0.2) is 0 Å². The van der Waals surface area contributed by atoms with E-state index in [0.717, 1.165) is 25.0 Å². The third-order valence-corrected chi connectivity index (χ3v) is 2.07. The summed E-state index contributed by atoms with van der Waals surface area (Å²) in [5, 5.41) is 0. The summed E-state index contributed by atoms with van der Waals surface area (Å²) in [7, 11) is 1.70. The number of aryl methyl sites for hydroxylation is 1. The van der Waals surface area contributed by atoms with Crippen molar-refractivity contribution >= 4 is 0 Å². The van der Waals surface area contributed by atoms with E-state index in [4.69, 9.17) is 10.5 Å². The Morgan fingerprint density at radius 2 is 2.00 bits per heavy atom. The van der Waals surface area contributed by atoms with Crippen molar-refractivity contribution in [3.05, 3.63) is 29.8 Å². The molecule has 2 nitrogen and oxygen atoms in total. The average molecular weight is 178 g/mol. The summed E-state index contributed by atoms with van der Waals surface area (Å²) in [6.07, 6.45) is 3.06. The molecule has 0 saturated carbocycles. The van der Waals surface area contributed by atoms with Crippen LogP contribution >= 0.6 is 0 Å². The molecule has 0 aliphatic heterocycles. The molecular formula is C11H16NO. The van der Waals surface area contributed by atoms with Gasteiger partial charge in [-0.2, -0.15) is 0 Å². The zero-order valence-corrected chi connectivity index (χ0v) is 8.05. The minimum absolute atomic E-state index is 0.523. The van der Waals surface area contributed by atoms with Crippen LogP contribution in [-0.4, -0.2) is 13.7 Å². The Labute approximate surface area is 79.7 Å². The molecule has 0 saturated heterocycles. The van der Waals surface area contributed by atoms with Gasteiger partial charge in [0.05, 0.1) is 7.11 Å². The lowest BCUT2D eigenvalue weighted by Crippen LogP contribution is -1.93. The van der Waals surface area contributed by atoms with Crippen LogP contribution in [0.3, 0.4) is 0 Å². The van der Waals surface area contributed by atoms with Gasteiger partial charge in [-0.05, 0) is 30.9 Å². The summed E-state index contributed by atoms with van der Waals surface area (Å²) >= 11 is 0. The third kappa shape index (κ3) is 3.07. The van der Waals surface area contributed by atoms with Crippen molar-refractivity contribution < 1.29 is 4.74 Å². The van der Waals surface area contributed by atoms with Crippen LogP contribution < -0.4 is 10.5 Å². The monoisotopic (exact) mass is 178 g/mol. The number of para-hydroxylation sites is 1. The van der Waals surface area contributed by atoms with Crippen LogP contribution in [0.1, 0.15) is 18.4 Å². The normalized spacial score (nSPS) is 10.0. The predicted octanol–water partition coefficient (Wildman–Crippen LogP) is 2.30. The molecule has 2 heteroatoms. The average Bonchev–Trinajstić information content (AvgIpc) is 2.19. The van der Waals surface area contributed by atoms with Crippen molar-refractivity contribution in [2.24, 2.45) is 0 Å². The van der Waals surface area contributed by atoms with Crippen molar-refractivity contribution in [2.45, 2.75) is 19.3 Å². The predicted molar refractivity (Wildman–Crippen MR) is 53.9 cm³/mol. The van der Waals surface area contributed by atoms with E-state index < -0.39 is 0 Å². The smallest absolute Gasteiger partial charge is 0.122 e. The summed E-state index contributed by atoms with van der Waals surface area (Å²) in [4.78, 5) is 0. The zero-order valence-electron chi connectivity index (χ0n) is 8.05. The van der Waals surface area contributed by atoms with E-state index in [1.807, 2.05) is 18.2 Å². The molecular weight excluding hydrogens is 162 g/mol. The van der Waals surface area contributed by atoms with Gasteiger partial charge in [0.25, 0.3) is 0 Å². The fourth-order valence-corrected chi connectivity index (χ4v) is 1.35. The second-order valence-corrected chi connectivity index (χ2v) is 3.02. The molecule has 1 aromatic carbocycles. The van der Waals surface area contributed by atoms with Crippen molar-refractivity contribution in [3.63, 3.8) is 0 Å². The number of rotatable bonds is 5. The summed E-state index contributed by atoms with van der Waals surface area (Å²) in [6, 6.07) is 8.07. The molecule has 0 amide bonds. The minimum atomic E-state index is 0.523. The summed E-state index contributed by atoms with van der Waals surface area (Å²) in [5.74, 6) is 0.965. The molecule has 13 heavy (non-hydrogen) atoms. The molecule has 0 spiro atoms. The second kappa shape index (κ2) is 5.60. The molecule has 1 radical (unpaired) electrons. The highest BCUT2D eigenvalue weighted by atomic mass is 16.5. The van der Waals surface area contributed by atoms with Gasteiger partial charge in [-0.1, -0.05) is 18.2 Å². The number of unbranched alkanes of at least 4 members (excludes halogenated alkanes) is 1. The molecule has 0 bridgehead atoms. The molecule has 0 aliphatic carbocycles. The maximum absolute atomic E-state index is 7.04. The zero-order chi connectivity index (χ0) is 9.52. The maximum atomic E-state index is 7.04. The molecule has 1 N–H and O–H groups in total. The van der Waals surface area contributed by atoms with Gasteiger partial charge in [-0.15, -0.1) is 0 Å².